The molecule has 1 spiro atoms. The minimum atomic E-state index is -0.417. The summed E-state index contributed by atoms with van der Waals surface area (Å²) in [6.07, 6.45) is 8.04. The second-order valence-electron chi connectivity index (χ2n) is 16.6. The second-order valence-corrected chi connectivity index (χ2v) is 17.0. The third-order valence-corrected chi connectivity index (χ3v) is 13.2. The number of hydrogen-bond acceptors (Lipinski definition) is 10. The number of nitriles is 1. The summed E-state index contributed by atoms with van der Waals surface area (Å²) < 4.78 is 0. The molecule has 13 heteroatoms. The second kappa shape index (κ2) is 16.3. The van der Waals surface area contributed by atoms with Gasteiger partial charge < -0.3 is 24.9 Å². The van der Waals surface area contributed by atoms with Crippen molar-refractivity contribution in [3.05, 3.63) is 76.9 Å². The van der Waals surface area contributed by atoms with Crippen LogP contribution in [-0.2, 0) is 9.59 Å². The van der Waals surface area contributed by atoms with Gasteiger partial charge in [0.1, 0.15) is 17.9 Å². The lowest BCUT2D eigenvalue weighted by Gasteiger charge is -2.40. The first-order valence-corrected chi connectivity index (χ1v) is 20.7. The number of nitrogens with one attached hydrogen (secondary N) is 2. The van der Waals surface area contributed by atoms with E-state index in [-0.39, 0.29) is 23.1 Å². The number of halogens is 1. The Morgan fingerprint density at radius 1 is 0.929 bits per heavy atom. The van der Waals surface area contributed by atoms with Crippen molar-refractivity contribution in [3.8, 4) is 6.07 Å². The fourth-order valence-electron chi connectivity index (χ4n) is 9.59. The Morgan fingerprint density at radius 3 is 2.36 bits per heavy atom. The maximum atomic E-state index is 13.5. The average molecular weight is 778 g/mol. The van der Waals surface area contributed by atoms with Gasteiger partial charge in [-0.25, -0.2) is 4.98 Å². The number of piperazine rings is 1. The highest BCUT2D eigenvalue weighted by Gasteiger charge is 2.44. The lowest BCUT2D eigenvalue weighted by molar-refractivity contribution is -0.133. The number of benzene rings is 2. The van der Waals surface area contributed by atoms with Crippen LogP contribution in [0.5, 0.6) is 0 Å². The number of aromatic nitrogens is 1. The fourth-order valence-corrected chi connectivity index (χ4v) is 9.81. The third kappa shape index (κ3) is 8.30. The van der Waals surface area contributed by atoms with Gasteiger partial charge in [0, 0.05) is 113 Å². The number of hydrogen-bond donors (Lipinski definition) is 2. The van der Waals surface area contributed by atoms with Crippen molar-refractivity contribution < 1.29 is 14.4 Å². The molecular weight excluding hydrogens is 726 g/mol. The summed E-state index contributed by atoms with van der Waals surface area (Å²) in [6, 6.07) is 20.1. The Balaban J connectivity index is 0.762. The highest BCUT2D eigenvalue weighted by molar-refractivity contribution is 6.32. The van der Waals surface area contributed by atoms with Gasteiger partial charge in [0.2, 0.25) is 11.8 Å². The first kappa shape index (κ1) is 38.0. The lowest BCUT2D eigenvalue weighted by atomic mass is 9.76. The Hall–Kier alpha value is -4.86. The lowest BCUT2D eigenvalue weighted by Crippen LogP contribution is -2.49. The van der Waals surface area contributed by atoms with E-state index >= 15 is 0 Å². The Kier molecular flexibility index (Phi) is 11.1. The molecule has 0 bridgehead atoms. The molecule has 8 rings (SSSR count). The number of nitrogens with zero attached hydrogens (tertiary/aromatic N) is 7. The molecule has 3 amide bonds. The smallest absolute Gasteiger partial charge is 0.253 e. The monoisotopic (exact) mass is 777 g/mol. The van der Waals surface area contributed by atoms with E-state index in [1.165, 1.54) is 5.69 Å². The van der Waals surface area contributed by atoms with E-state index in [4.69, 9.17) is 11.6 Å². The van der Waals surface area contributed by atoms with E-state index in [0.717, 1.165) is 120 Å². The first-order valence-electron chi connectivity index (χ1n) is 20.3. The summed E-state index contributed by atoms with van der Waals surface area (Å²) in [7, 11) is 0. The van der Waals surface area contributed by atoms with Gasteiger partial charge in [-0.2, -0.15) is 5.26 Å². The molecule has 12 nitrogen and oxygen atoms in total. The van der Waals surface area contributed by atoms with Crippen LogP contribution in [0, 0.1) is 22.7 Å². The molecule has 5 saturated heterocycles. The highest BCUT2D eigenvalue weighted by atomic mass is 35.5. The third-order valence-electron chi connectivity index (χ3n) is 12.9. The zero-order valence-electron chi connectivity index (χ0n) is 32.3. The topological polar surface area (TPSA) is 128 Å². The minimum absolute atomic E-state index is 0.131. The number of carbonyl (C=O) groups is 3. The van der Waals surface area contributed by atoms with Gasteiger partial charge in [-0.05, 0) is 105 Å². The fraction of sp³-hybridized carbons (Fsp3) is 0.512. The molecule has 2 N–H and O–H groups in total. The van der Waals surface area contributed by atoms with Crippen molar-refractivity contribution in [3.63, 3.8) is 0 Å². The average Bonchev–Trinajstić information content (AvgIpc) is 3.54. The zero-order valence-corrected chi connectivity index (χ0v) is 33.0. The number of anilines is 4. The predicted molar refractivity (Wildman–Crippen MR) is 219 cm³/mol. The summed E-state index contributed by atoms with van der Waals surface area (Å²) in [5.41, 5.74) is 4.67. The molecular formula is C43H52ClN9O3. The van der Waals surface area contributed by atoms with E-state index in [1.807, 2.05) is 47.4 Å². The van der Waals surface area contributed by atoms with E-state index in [1.54, 1.807) is 6.20 Å². The van der Waals surface area contributed by atoms with E-state index in [2.05, 4.69) is 60.3 Å². The van der Waals surface area contributed by atoms with Crippen LogP contribution in [0.25, 0.3) is 0 Å². The molecule has 294 valence electrons. The normalized spacial score (nSPS) is 23.3. The van der Waals surface area contributed by atoms with Crippen LogP contribution in [0.3, 0.4) is 0 Å². The Bertz CT molecular complexity index is 1960. The van der Waals surface area contributed by atoms with Gasteiger partial charge in [-0.1, -0.05) is 11.6 Å². The molecule has 1 aromatic heterocycles. The summed E-state index contributed by atoms with van der Waals surface area (Å²) >= 11 is 6.38. The largest absolute Gasteiger partial charge is 0.374 e. The van der Waals surface area contributed by atoms with Crippen molar-refractivity contribution in [2.24, 2.45) is 11.3 Å². The summed E-state index contributed by atoms with van der Waals surface area (Å²) in [6.45, 7) is 11.6. The molecule has 0 aliphatic carbocycles. The SMILES string of the molecule is C[C@@H]1CC2(CCN(c3ccc(C(=O)N4CCC(CN5CCN(c6cc(N[C@@H]7CCC(=O)NC7=O)ccn6)CC5)CC4)cc3)CC2)CN1c1ccc(C#N)c(Cl)c1. The quantitative estimate of drug-likeness (QED) is 0.288. The molecule has 56 heavy (non-hydrogen) atoms. The van der Waals surface area contributed by atoms with E-state index in [0.29, 0.717) is 35.4 Å². The predicted octanol–water partition coefficient (Wildman–Crippen LogP) is 5.38. The number of pyridine rings is 1. The van der Waals surface area contributed by atoms with Gasteiger partial charge >= 0.3 is 0 Å². The summed E-state index contributed by atoms with van der Waals surface area (Å²) in [5, 5.41) is 15.5. The summed E-state index contributed by atoms with van der Waals surface area (Å²) in [5.74, 6) is 1.11. The molecule has 3 aromatic rings. The molecule has 5 aliphatic rings. The maximum Gasteiger partial charge on any atom is 0.253 e. The van der Waals surface area contributed by atoms with Crippen molar-refractivity contribution in [1.82, 2.24) is 20.1 Å². The molecule has 2 aromatic carbocycles. The molecule has 5 fully saturated rings. The molecule has 0 radical (unpaired) electrons. The van der Waals surface area contributed by atoms with Gasteiger partial charge in [-0.15, -0.1) is 0 Å². The number of imide groups is 1. The van der Waals surface area contributed by atoms with Crippen molar-refractivity contribution in [1.29, 1.82) is 5.26 Å². The van der Waals surface area contributed by atoms with Gasteiger partial charge in [0.15, 0.2) is 0 Å². The molecule has 2 atom stereocenters. The molecule has 5 aliphatic heterocycles. The highest BCUT2D eigenvalue weighted by Crippen LogP contribution is 2.46. The molecule has 0 unspecified atom stereocenters. The number of piperidine rings is 3. The summed E-state index contributed by atoms with van der Waals surface area (Å²) in [4.78, 5) is 53.7. The number of likely N-dealkylation sites (tertiary alicyclic amines) is 1. The number of amides is 3. The van der Waals surface area contributed by atoms with E-state index < -0.39 is 6.04 Å². The Morgan fingerprint density at radius 2 is 1.66 bits per heavy atom. The van der Waals surface area contributed by atoms with E-state index in [9.17, 15) is 19.6 Å². The Labute approximate surface area is 334 Å². The van der Waals surface area contributed by atoms with Crippen LogP contribution < -0.4 is 25.3 Å². The van der Waals surface area contributed by atoms with Crippen molar-refractivity contribution in [2.75, 3.05) is 85.5 Å². The van der Waals surface area contributed by atoms with Crippen LogP contribution in [-0.4, -0.2) is 110 Å². The van der Waals surface area contributed by atoms with Gasteiger partial charge in [0.05, 0.1) is 10.6 Å². The first-order chi connectivity index (χ1) is 27.1. The van der Waals surface area contributed by atoms with Gasteiger partial charge in [0.25, 0.3) is 5.91 Å². The number of carbonyl (C=O) groups excluding carboxylic acids is 3. The molecule has 0 saturated carbocycles. The van der Waals surface area contributed by atoms with Crippen LogP contribution in [0.2, 0.25) is 5.02 Å². The number of rotatable bonds is 8. The van der Waals surface area contributed by atoms with Crippen LogP contribution in [0.15, 0.2) is 60.8 Å². The molecule has 6 heterocycles. The van der Waals surface area contributed by atoms with Crippen LogP contribution in [0.1, 0.15) is 67.8 Å². The minimum Gasteiger partial charge on any atom is -0.374 e. The zero-order chi connectivity index (χ0) is 38.8. The van der Waals surface area contributed by atoms with Crippen molar-refractivity contribution in [2.45, 2.75) is 64.0 Å². The van der Waals surface area contributed by atoms with Crippen LogP contribution >= 0.6 is 11.6 Å². The van der Waals surface area contributed by atoms with Gasteiger partial charge in [-0.3, -0.25) is 24.6 Å². The van der Waals surface area contributed by atoms with Crippen molar-refractivity contribution >= 4 is 52.2 Å². The van der Waals surface area contributed by atoms with Crippen LogP contribution in [0.4, 0.5) is 22.9 Å². The standard InChI is InChI=1S/C43H52ClN9O3/c1-30-26-43(29-53(30)36-7-4-33(27-45)37(44)25-36)13-18-50(19-14-43)35-5-2-32(3-6-35)42(56)52-16-11-31(12-17-52)28-49-20-22-51(23-21-49)39-24-34(10-15-46-39)47-38-8-9-40(54)48-41(38)55/h2-7,10,15,24-25,30-31,38H,8-9,11-14,16-23,26,28-29H2,1H3,(H,46,47)(H,48,54,55)/t30-,38-/m1/s1. The maximum absolute atomic E-state index is 13.5.